The molecule has 0 unspecified atom stereocenters. The van der Waals surface area contributed by atoms with Crippen molar-refractivity contribution < 1.29 is 14.0 Å². The van der Waals surface area contributed by atoms with Crippen molar-refractivity contribution in [1.82, 2.24) is 9.80 Å². The second-order valence-corrected chi connectivity index (χ2v) is 5.02. The largest absolute Gasteiger partial charge is 0.340 e. The lowest BCUT2D eigenvalue weighted by molar-refractivity contribution is -0.136. The first-order chi connectivity index (χ1) is 10.1. The van der Waals surface area contributed by atoms with Gasteiger partial charge >= 0.3 is 0 Å². The second-order valence-electron chi connectivity index (χ2n) is 5.02. The van der Waals surface area contributed by atoms with Gasteiger partial charge in [-0.25, -0.2) is 4.39 Å². The Morgan fingerprint density at radius 1 is 1.19 bits per heavy atom. The molecule has 0 radical (unpaired) electrons. The summed E-state index contributed by atoms with van der Waals surface area (Å²) in [6.07, 6.45) is -0.250. The number of rotatable bonds is 4. The van der Waals surface area contributed by atoms with E-state index in [1.165, 1.54) is 12.1 Å². The summed E-state index contributed by atoms with van der Waals surface area (Å²) in [5.74, 6) is -1.20. The lowest BCUT2D eigenvalue weighted by Gasteiger charge is -2.33. The van der Waals surface area contributed by atoms with Gasteiger partial charge in [0.15, 0.2) is 0 Å². The highest BCUT2D eigenvalue weighted by Gasteiger charge is 2.22. The van der Waals surface area contributed by atoms with Gasteiger partial charge in [-0.3, -0.25) is 9.59 Å². The molecule has 1 fully saturated rings. The number of anilines is 1. The molecule has 0 spiro atoms. The van der Waals surface area contributed by atoms with Crippen LogP contribution in [0, 0.1) is 5.82 Å². The molecule has 2 rings (SSSR count). The molecular weight excluding hydrogens is 273 g/mol. The SMILES string of the molecule is CCN1CCN(C(=O)CC(=O)Nc2ccccc2F)CC1. The minimum absolute atomic E-state index is 0.103. The van der Waals surface area contributed by atoms with Crippen LogP contribution in [-0.2, 0) is 9.59 Å². The number of halogens is 1. The minimum atomic E-state index is -0.505. The Morgan fingerprint density at radius 2 is 1.86 bits per heavy atom. The molecule has 114 valence electrons. The van der Waals surface area contributed by atoms with Gasteiger partial charge < -0.3 is 15.1 Å². The Kier molecular flexibility index (Phi) is 5.27. The van der Waals surface area contributed by atoms with Crippen LogP contribution in [0.4, 0.5) is 10.1 Å². The van der Waals surface area contributed by atoms with Gasteiger partial charge in [0.2, 0.25) is 11.8 Å². The van der Waals surface area contributed by atoms with E-state index < -0.39 is 11.7 Å². The van der Waals surface area contributed by atoms with Gasteiger partial charge in [0, 0.05) is 26.2 Å². The van der Waals surface area contributed by atoms with E-state index >= 15 is 0 Å². The Morgan fingerprint density at radius 3 is 2.48 bits per heavy atom. The van der Waals surface area contributed by atoms with Gasteiger partial charge in [-0.2, -0.15) is 0 Å². The molecule has 1 saturated heterocycles. The van der Waals surface area contributed by atoms with Crippen LogP contribution < -0.4 is 5.32 Å². The standard InChI is InChI=1S/C15H20FN3O2/c1-2-18-7-9-19(10-8-18)15(21)11-14(20)17-13-6-4-3-5-12(13)16/h3-6H,2,7-11H2,1H3,(H,17,20). The number of para-hydroxylation sites is 1. The summed E-state index contributed by atoms with van der Waals surface area (Å²) in [6.45, 7) is 5.99. The molecule has 0 aromatic heterocycles. The summed E-state index contributed by atoms with van der Waals surface area (Å²) in [5.41, 5.74) is 0.103. The first-order valence-corrected chi connectivity index (χ1v) is 7.14. The average molecular weight is 293 g/mol. The molecule has 0 atom stereocenters. The van der Waals surface area contributed by atoms with Crippen molar-refractivity contribution in [3.8, 4) is 0 Å². The van der Waals surface area contributed by atoms with E-state index in [9.17, 15) is 14.0 Å². The molecule has 6 heteroatoms. The van der Waals surface area contributed by atoms with Crippen molar-refractivity contribution in [2.45, 2.75) is 13.3 Å². The third-order valence-electron chi connectivity index (χ3n) is 3.63. The number of hydrogen-bond donors (Lipinski definition) is 1. The summed E-state index contributed by atoms with van der Waals surface area (Å²) in [7, 11) is 0. The first kappa shape index (κ1) is 15.4. The molecule has 1 aromatic rings. The zero-order valence-electron chi connectivity index (χ0n) is 12.1. The Hall–Kier alpha value is -1.95. The normalized spacial score (nSPS) is 15.8. The fourth-order valence-corrected chi connectivity index (χ4v) is 2.32. The second kappa shape index (κ2) is 7.17. The quantitative estimate of drug-likeness (QED) is 0.852. The smallest absolute Gasteiger partial charge is 0.233 e. The third-order valence-corrected chi connectivity index (χ3v) is 3.63. The van der Waals surface area contributed by atoms with Gasteiger partial charge in [-0.05, 0) is 18.7 Å². The summed E-state index contributed by atoms with van der Waals surface area (Å²) in [5, 5.41) is 2.43. The molecule has 0 bridgehead atoms. The number of likely N-dealkylation sites (N-methyl/N-ethyl adjacent to an activating group) is 1. The summed E-state index contributed by atoms with van der Waals surface area (Å²) in [4.78, 5) is 27.8. The van der Waals surface area contributed by atoms with Crippen LogP contribution in [0.1, 0.15) is 13.3 Å². The maximum Gasteiger partial charge on any atom is 0.233 e. The van der Waals surface area contributed by atoms with E-state index in [1.54, 1.807) is 17.0 Å². The summed E-state index contributed by atoms with van der Waals surface area (Å²) in [6, 6.07) is 5.91. The van der Waals surface area contributed by atoms with Crippen molar-refractivity contribution in [1.29, 1.82) is 0 Å². The molecule has 21 heavy (non-hydrogen) atoms. The molecule has 5 nitrogen and oxygen atoms in total. The Balaban J connectivity index is 1.83. The van der Waals surface area contributed by atoms with Crippen LogP contribution in [0.15, 0.2) is 24.3 Å². The number of carbonyl (C=O) groups excluding carboxylic acids is 2. The van der Waals surface area contributed by atoms with Crippen LogP contribution in [0.5, 0.6) is 0 Å². The number of amides is 2. The van der Waals surface area contributed by atoms with Gasteiger partial charge in [-0.1, -0.05) is 19.1 Å². The number of hydrogen-bond acceptors (Lipinski definition) is 3. The van der Waals surface area contributed by atoms with E-state index in [-0.39, 0.29) is 18.0 Å². The highest BCUT2D eigenvalue weighted by molar-refractivity contribution is 6.03. The third kappa shape index (κ3) is 4.26. The monoisotopic (exact) mass is 293 g/mol. The van der Waals surface area contributed by atoms with E-state index in [4.69, 9.17) is 0 Å². The van der Waals surface area contributed by atoms with Crippen molar-refractivity contribution in [3.63, 3.8) is 0 Å². The van der Waals surface area contributed by atoms with E-state index in [0.717, 1.165) is 19.6 Å². The molecule has 1 aliphatic heterocycles. The van der Waals surface area contributed by atoms with Crippen LogP contribution in [0.3, 0.4) is 0 Å². The van der Waals surface area contributed by atoms with Crippen LogP contribution in [-0.4, -0.2) is 54.3 Å². The van der Waals surface area contributed by atoms with Gasteiger partial charge in [-0.15, -0.1) is 0 Å². The molecular formula is C15H20FN3O2. The number of nitrogens with one attached hydrogen (secondary N) is 1. The van der Waals surface area contributed by atoms with E-state index in [1.807, 2.05) is 0 Å². The van der Waals surface area contributed by atoms with Crippen LogP contribution >= 0.6 is 0 Å². The molecule has 1 N–H and O–H groups in total. The molecule has 0 aliphatic carbocycles. The van der Waals surface area contributed by atoms with Gasteiger partial charge in [0.25, 0.3) is 0 Å². The average Bonchev–Trinajstić information content (AvgIpc) is 2.49. The highest BCUT2D eigenvalue weighted by Crippen LogP contribution is 2.13. The highest BCUT2D eigenvalue weighted by atomic mass is 19.1. The van der Waals surface area contributed by atoms with Crippen molar-refractivity contribution in [3.05, 3.63) is 30.1 Å². The number of piperazine rings is 1. The Labute approximate surface area is 123 Å². The fourth-order valence-electron chi connectivity index (χ4n) is 2.32. The topological polar surface area (TPSA) is 52.7 Å². The van der Waals surface area contributed by atoms with Crippen molar-refractivity contribution >= 4 is 17.5 Å². The zero-order valence-corrected chi connectivity index (χ0v) is 12.1. The molecule has 1 heterocycles. The lowest BCUT2D eigenvalue weighted by Crippen LogP contribution is -2.49. The number of carbonyl (C=O) groups is 2. The maximum atomic E-state index is 13.4. The summed E-state index contributed by atoms with van der Waals surface area (Å²) < 4.78 is 13.4. The molecule has 0 saturated carbocycles. The van der Waals surface area contributed by atoms with E-state index in [0.29, 0.717) is 13.1 Å². The van der Waals surface area contributed by atoms with Crippen molar-refractivity contribution in [2.24, 2.45) is 0 Å². The first-order valence-electron chi connectivity index (χ1n) is 7.14. The Bertz CT molecular complexity index is 513. The number of nitrogens with zero attached hydrogens (tertiary/aromatic N) is 2. The maximum absolute atomic E-state index is 13.4. The van der Waals surface area contributed by atoms with Crippen LogP contribution in [0.2, 0.25) is 0 Å². The predicted octanol–water partition coefficient (Wildman–Crippen LogP) is 1.32. The molecule has 1 aromatic carbocycles. The number of benzene rings is 1. The minimum Gasteiger partial charge on any atom is -0.340 e. The predicted molar refractivity (Wildman–Crippen MR) is 78.3 cm³/mol. The zero-order chi connectivity index (χ0) is 15.2. The van der Waals surface area contributed by atoms with Gasteiger partial charge in [0.1, 0.15) is 12.2 Å². The van der Waals surface area contributed by atoms with Crippen molar-refractivity contribution in [2.75, 3.05) is 38.0 Å². The molecule has 2 amide bonds. The van der Waals surface area contributed by atoms with Crippen LogP contribution in [0.25, 0.3) is 0 Å². The fraction of sp³-hybridized carbons (Fsp3) is 0.467. The summed E-state index contributed by atoms with van der Waals surface area (Å²) >= 11 is 0. The lowest BCUT2D eigenvalue weighted by atomic mass is 10.2. The molecule has 1 aliphatic rings. The van der Waals surface area contributed by atoms with E-state index in [2.05, 4.69) is 17.1 Å². The van der Waals surface area contributed by atoms with Gasteiger partial charge in [0.05, 0.1) is 5.69 Å².